The second-order valence-corrected chi connectivity index (χ2v) is 2.22. The third-order valence-electron chi connectivity index (χ3n) is 1.54. The van der Waals surface area contributed by atoms with E-state index in [0.717, 1.165) is 13.0 Å². The molecular formula is C6H14ClNO. The van der Waals surface area contributed by atoms with E-state index < -0.39 is 0 Å². The largest absolute Gasteiger partial charge is 0.377 e. The predicted molar refractivity (Wildman–Crippen MR) is 39.9 cm³/mol. The zero-order chi connectivity index (χ0) is 5.82. The number of halogens is 1. The summed E-state index contributed by atoms with van der Waals surface area (Å²) in [6.07, 6.45) is 4.04. The van der Waals surface area contributed by atoms with Crippen molar-refractivity contribution >= 4 is 12.4 Å². The number of hydrogen-bond donors (Lipinski definition) is 1. The van der Waals surface area contributed by atoms with Crippen LogP contribution in [-0.2, 0) is 4.74 Å². The Morgan fingerprint density at radius 2 is 2.22 bits per heavy atom. The first-order valence-electron chi connectivity index (χ1n) is 3.25. The fraction of sp³-hybridized carbons (Fsp3) is 1.00. The van der Waals surface area contributed by atoms with Crippen molar-refractivity contribution in [3.8, 4) is 0 Å². The zero-order valence-corrected chi connectivity index (χ0v) is 6.32. The monoisotopic (exact) mass is 151 g/mol. The van der Waals surface area contributed by atoms with Crippen LogP contribution >= 0.6 is 12.4 Å². The van der Waals surface area contributed by atoms with Crippen molar-refractivity contribution in [2.24, 2.45) is 5.73 Å². The Labute approximate surface area is 62.2 Å². The fourth-order valence-corrected chi connectivity index (χ4v) is 0.993. The van der Waals surface area contributed by atoms with Crippen LogP contribution in [0.5, 0.6) is 0 Å². The molecule has 1 heterocycles. The average Bonchev–Trinajstić information content (AvgIpc) is 1.90. The molecule has 1 rings (SSSR count). The van der Waals surface area contributed by atoms with Gasteiger partial charge in [0, 0.05) is 13.2 Å². The molecule has 0 bridgehead atoms. The van der Waals surface area contributed by atoms with Crippen LogP contribution in [0, 0.1) is 0 Å². The van der Waals surface area contributed by atoms with Gasteiger partial charge in [-0.3, -0.25) is 0 Å². The smallest absolute Gasteiger partial charge is 0.0697 e. The fourth-order valence-electron chi connectivity index (χ4n) is 0.993. The molecule has 0 amide bonds. The molecule has 1 fully saturated rings. The van der Waals surface area contributed by atoms with Gasteiger partial charge in [0.05, 0.1) is 6.10 Å². The van der Waals surface area contributed by atoms with Gasteiger partial charge in [0.25, 0.3) is 0 Å². The molecule has 0 aromatic carbocycles. The summed E-state index contributed by atoms with van der Waals surface area (Å²) in [6.45, 7) is 1.61. The van der Waals surface area contributed by atoms with Gasteiger partial charge in [0.1, 0.15) is 0 Å². The lowest BCUT2D eigenvalue weighted by Gasteiger charge is -2.20. The zero-order valence-electron chi connectivity index (χ0n) is 5.51. The first-order chi connectivity index (χ1) is 3.93. The summed E-state index contributed by atoms with van der Waals surface area (Å²) in [7, 11) is 0. The molecule has 2 nitrogen and oxygen atoms in total. The van der Waals surface area contributed by atoms with Crippen molar-refractivity contribution in [3.63, 3.8) is 0 Å². The van der Waals surface area contributed by atoms with Gasteiger partial charge in [0.15, 0.2) is 0 Å². The van der Waals surface area contributed by atoms with E-state index in [2.05, 4.69) is 0 Å². The lowest BCUT2D eigenvalue weighted by molar-refractivity contribution is 0.0222. The molecule has 1 aliphatic rings. The molecule has 0 unspecified atom stereocenters. The van der Waals surface area contributed by atoms with E-state index >= 15 is 0 Å². The highest BCUT2D eigenvalue weighted by molar-refractivity contribution is 5.85. The van der Waals surface area contributed by atoms with Gasteiger partial charge in [-0.2, -0.15) is 0 Å². The molecule has 56 valence electrons. The van der Waals surface area contributed by atoms with Crippen molar-refractivity contribution in [1.82, 2.24) is 0 Å². The summed E-state index contributed by atoms with van der Waals surface area (Å²) in [5.74, 6) is 0. The van der Waals surface area contributed by atoms with Gasteiger partial charge in [-0.25, -0.2) is 0 Å². The molecule has 0 spiro atoms. The Morgan fingerprint density at radius 1 is 1.44 bits per heavy atom. The highest BCUT2D eigenvalue weighted by Gasteiger charge is 2.10. The summed E-state index contributed by atoms with van der Waals surface area (Å²) in [5, 5.41) is 0. The molecule has 3 heteroatoms. The Balaban J connectivity index is 0.000000640. The third-order valence-corrected chi connectivity index (χ3v) is 1.54. The van der Waals surface area contributed by atoms with E-state index in [1.54, 1.807) is 0 Å². The van der Waals surface area contributed by atoms with E-state index in [1.807, 2.05) is 0 Å². The van der Waals surface area contributed by atoms with Crippen molar-refractivity contribution in [2.45, 2.75) is 25.4 Å². The van der Waals surface area contributed by atoms with Crippen LogP contribution in [0.15, 0.2) is 0 Å². The molecule has 0 aromatic rings. The van der Waals surface area contributed by atoms with Crippen molar-refractivity contribution in [2.75, 3.05) is 13.2 Å². The topological polar surface area (TPSA) is 35.2 Å². The van der Waals surface area contributed by atoms with Gasteiger partial charge < -0.3 is 10.5 Å². The maximum Gasteiger partial charge on any atom is 0.0697 e. The van der Waals surface area contributed by atoms with E-state index in [9.17, 15) is 0 Å². The first-order valence-corrected chi connectivity index (χ1v) is 3.25. The van der Waals surface area contributed by atoms with Gasteiger partial charge in [0.2, 0.25) is 0 Å². The number of rotatable bonds is 1. The highest BCUT2D eigenvalue weighted by atomic mass is 35.5. The van der Waals surface area contributed by atoms with E-state index in [1.165, 1.54) is 12.8 Å². The average molecular weight is 152 g/mol. The molecule has 0 aliphatic carbocycles. The minimum absolute atomic E-state index is 0. The van der Waals surface area contributed by atoms with Crippen molar-refractivity contribution in [3.05, 3.63) is 0 Å². The van der Waals surface area contributed by atoms with Gasteiger partial charge in [-0.15, -0.1) is 12.4 Å². The Morgan fingerprint density at radius 3 is 2.56 bits per heavy atom. The third kappa shape index (κ3) is 3.04. The molecule has 2 N–H and O–H groups in total. The molecular weight excluding hydrogens is 138 g/mol. The Hall–Kier alpha value is 0.210. The number of ether oxygens (including phenoxy) is 1. The number of hydrogen-bond acceptors (Lipinski definition) is 2. The second-order valence-electron chi connectivity index (χ2n) is 2.22. The van der Waals surface area contributed by atoms with Crippen molar-refractivity contribution < 1.29 is 4.74 Å². The van der Waals surface area contributed by atoms with E-state index in [-0.39, 0.29) is 12.4 Å². The lowest BCUT2D eigenvalue weighted by atomic mass is 10.1. The minimum atomic E-state index is 0. The molecule has 0 radical (unpaired) electrons. The molecule has 1 atom stereocenters. The quantitative estimate of drug-likeness (QED) is 0.606. The van der Waals surface area contributed by atoms with Gasteiger partial charge in [-0.05, 0) is 19.3 Å². The van der Waals surface area contributed by atoms with Gasteiger partial charge >= 0.3 is 0 Å². The van der Waals surface area contributed by atoms with Crippen LogP contribution in [-0.4, -0.2) is 19.3 Å². The number of nitrogens with two attached hydrogens (primary N) is 1. The standard InChI is InChI=1S/C6H13NO.ClH/c7-5-6-3-1-2-4-8-6;/h6H,1-5,7H2;1H/t6-;/m1./s1. The lowest BCUT2D eigenvalue weighted by Crippen LogP contribution is -2.27. The first kappa shape index (κ1) is 9.21. The normalized spacial score (nSPS) is 27.0. The van der Waals surface area contributed by atoms with Crippen molar-refractivity contribution in [1.29, 1.82) is 0 Å². The van der Waals surface area contributed by atoms with Crippen LogP contribution in [0.1, 0.15) is 19.3 Å². The summed E-state index contributed by atoms with van der Waals surface area (Å²) in [4.78, 5) is 0. The maximum atomic E-state index is 5.38. The molecule has 1 saturated heterocycles. The molecule has 1 aliphatic heterocycles. The summed E-state index contributed by atoms with van der Waals surface area (Å²) < 4.78 is 5.30. The summed E-state index contributed by atoms with van der Waals surface area (Å²) in [5.41, 5.74) is 5.38. The van der Waals surface area contributed by atoms with E-state index in [0.29, 0.717) is 12.6 Å². The predicted octanol–water partition coefficient (Wildman–Crippen LogP) is 0.936. The van der Waals surface area contributed by atoms with Gasteiger partial charge in [-0.1, -0.05) is 0 Å². The van der Waals surface area contributed by atoms with Crippen LogP contribution in [0.3, 0.4) is 0 Å². The second kappa shape index (κ2) is 5.03. The summed E-state index contributed by atoms with van der Waals surface area (Å²) in [6, 6.07) is 0. The van der Waals surface area contributed by atoms with Crippen LogP contribution in [0.2, 0.25) is 0 Å². The van der Waals surface area contributed by atoms with Crippen LogP contribution in [0.25, 0.3) is 0 Å². The summed E-state index contributed by atoms with van der Waals surface area (Å²) >= 11 is 0. The molecule has 9 heavy (non-hydrogen) atoms. The molecule has 0 aromatic heterocycles. The minimum Gasteiger partial charge on any atom is -0.377 e. The Bertz CT molecular complexity index is 64.1. The maximum absolute atomic E-state index is 5.38. The van der Waals surface area contributed by atoms with Crippen LogP contribution in [0.4, 0.5) is 0 Å². The SMILES string of the molecule is Cl.NC[C@H]1CCCCO1. The molecule has 0 saturated carbocycles. The highest BCUT2D eigenvalue weighted by Crippen LogP contribution is 2.10. The Kier molecular flexibility index (Phi) is 5.15. The van der Waals surface area contributed by atoms with Crippen LogP contribution < -0.4 is 5.73 Å². The van der Waals surface area contributed by atoms with E-state index in [4.69, 9.17) is 10.5 Å².